The molecule has 0 aliphatic rings. The summed E-state index contributed by atoms with van der Waals surface area (Å²) < 4.78 is 26.2. The molecule has 70 valence electrons. The van der Waals surface area contributed by atoms with Gasteiger partial charge in [0.1, 0.15) is 5.56 Å². The molecule has 0 spiro atoms. The zero-order valence-corrected chi connectivity index (χ0v) is 10.3. The summed E-state index contributed by atoms with van der Waals surface area (Å²) in [5.74, 6) is -3.88. The summed E-state index contributed by atoms with van der Waals surface area (Å²) in [6.45, 7) is 0. The molecule has 1 rings (SSSR count). The van der Waals surface area contributed by atoms with Gasteiger partial charge in [0, 0.05) is 3.57 Å². The second-order valence-electron chi connectivity index (χ2n) is 2.15. The van der Waals surface area contributed by atoms with Gasteiger partial charge in [-0.2, -0.15) is 0 Å². The number of halogens is 4. The van der Waals surface area contributed by atoms with Crippen LogP contribution in [0.3, 0.4) is 0 Å². The topological polar surface area (TPSA) is 37.3 Å². The van der Waals surface area contributed by atoms with E-state index in [4.69, 9.17) is 5.11 Å². The van der Waals surface area contributed by atoms with E-state index < -0.39 is 23.2 Å². The second-order valence-corrected chi connectivity index (χ2v) is 4.47. The van der Waals surface area contributed by atoms with Crippen LogP contribution in [0.5, 0.6) is 0 Å². The molecule has 0 heterocycles. The quantitative estimate of drug-likeness (QED) is 0.440. The molecule has 1 aromatic carbocycles. The lowest BCUT2D eigenvalue weighted by Crippen LogP contribution is -2.07. The van der Waals surface area contributed by atoms with E-state index in [0.29, 0.717) is 0 Å². The van der Waals surface area contributed by atoms with E-state index in [1.54, 1.807) is 45.2 Å². The first kappa shape index (κ1) is 11.1. The van der Waals surface area contributed by atoms with E-state index >= 15 is 0 Å². The highest BCUT2D eigenvalue weighted by atomic mass is 127. The first-order valence-corrected chi connectivity index (χ1v) is 5.17. The van der Waals surface area contributed by atoms with Gasteiger partial charge in [0.05, 0.1) is 3.57 Å². The van der Waals surface area contributed by atoms with Crippen molar-refractivity contribution >= 4 is 51.2 Å². The van der Waals surface area contributed by atoms with Gasteiger partial charge in [0.25, 0.3) is 0 Å². The zero-order valence-electron chi connectivity index (χ0n) is 5.94. The second kappa shape index (κ2) is 4.03. The van der Waals surface area contributed by atoms with E-state index in [1.807, 2.05) is 0 Å². The Morgan fingerprint density at radius 1 is 1.23 bits per heavy atom. The van der Waals surface area contributed by atoms with Crippen LogP contribution in [0.4, 0.5) is 8.78 Å². The van der Waals surface area contributed by atoms with Crippen molar-refractivity contribution in [2.45, 2.75) is 0 Å². The maximum absolute atomic E-state index is 13.0. The van der Waals surface area contributed by atoms with Gasteiger partial charge in [0.2, 0.25) is 0 Å². The molecular formula is C7H2F2I2O2. The highest BCUT2D eigenvalue weighted by Crippen LogP contribution is 2.23. The monoisotopic (exact) mass is 410 g/mol. The fourth-order valence-electron chi connectivity index (χ4n) is 0.762. The number of carbonyl (C=O) groups is 1. The lowest BCUT2D eigenvalue weighted by atomic mass is 10.2. The lowest BCUT2D eigenvalue weighted by molar-refractivity contribution is 0.0689. The van der Waals surface area contributed by atoms with E-state index in [1.165, 1.54) is 6.07 Å². The van der Waals surface area contributed by atoms with E-state index in [9.17, 15) is 13.6 Å². The van der Waals surface area contributed by atoms with Crippen molar-refractivity contribution < 1.29 is 18.7 Å². The Bertz CT molecular complexity index is 379. The van der Waals surface area contributed by atoms with Crippen LogP contribution in [0, 0.1) is 18.8 Å². The predicted molar refractivity (Wildman–Crippen MR) is 58.8 cm³/mol. The van der Waals surface area contributed by atoms with Crippen LogP contribution in [-0.2, 0) is 0 Å². The molecule has 0 saturated carbocycles. The average molecular weight is 410 g/mol. The first-order chi connectivity index (χ1) is 5.95. The van der Waals surface area contributed by atoms with Gasteiger partial charge in [-0.15, -0.1) is 0 Å². The number of hydrogen-bond donors (Lipinski definition) is 1. The average Bonchev–Trinajstić information content (AvgIpc) is 1.99. The SMILES string of the molecule is O=C(O)c1c(I)cc(I)c(F)c1F. The molecule has 0 aliphatic heterocycles. The minimum atomic E-state index is -1.46. The fraction of sp³-hybridized carbons (Fsp3) is 0. The Kier molecular flexibility index (Phi) is 3.44. The van der Waals surface area contributed by atoms with Crippen LogP contribution >= 0.6 is 45.2 Å². The number of aromatic carboxylic acids is 1. The first-order valence-electron chi connectivity index (χ1n) is 3.01. The van der Waals surface area contributed by atoms with Crippen LogP contribution in [0.1, 0.15) is 10.4 Å². The lowest BCUT2D eigenvalue weighted by Gasteiger charge is -2.03. The van der Waals surface area contributed by atoms with Crippen LogP contribution in [0.2, 0.25) is 0 Å². The molecule has 6 heteroatoms. The van der Waals surface area contributed by atoms with Gasteiger partial charge in [0.15, 0.2) is 11.6 Å². The third-order valence-electron chi connectivity index (χ3n) is 1.33. The molecule has 1 aromatic rings. The highest BCUT2D eigenvalue weighted by molar-refractivity contribution is 14.1. The molecule has 0 saturated heterocycles. The molecule has 0 aliphatic carbocycles. The van der Waals surface area contributed by atoms with Gasteiger partial charge in [-0.3, -0.25) is 0 Å². The summed E-state index contributed by atoms with van der Waals surface area (Å²) in [5.41, 5.74) is -0.612. The highest BCUT2D eigenvalue weighted by Gasteiger charge is 2.20. The zero-order chi connectivity index (χ0) is 10.2. The fourth-order valence-corrected chi connectivity index (χ4v) is 2.69. The Labute approximate surface area is 99.6 Å². The normalized spacial score (nSPS) is 10.2. The number of rotatable bonds is 1. The standard InChI is InChI=1S/C7H2F2I2O2/c8-5-3(11)1-2(10)4(6(5)9)7(12)13/h1H,(H,12,13). The number of carboxylic acids is 1. The largest absolute Gasteiger partial charge is 0.478 e. The minimum absolute atomic E-state index is 0.0736. The molecule has 2 nitrogen and oxygen atoms in total. The molecular weight excluding hydrogens is 408 g/mol. The van der Waals surface area contributed by atoms with Crippen molar-refractivity contribution in [3.8, 4) is 0 Å². The van der Waals surface area contributed by atoms with E-state index in [0.717, 1.165) is 0 Å². The Hall–Kier alpha value is 0.01000. The van der Waals surface area contributed by atoms with Crippen LogP contribution in [-0.4, -0.2) is 11.1 Å². The molecule has 1 N–H and O–H groups in total. The van der Waals surface area contributed by atoms with Gasteiger partial charge in [-0.05, 0) is 51.2 Å². The van der Waals surface area contributed by atoms with Crippen molar-refractivity contribution in [3.05, 3.63) is 30.4 Å². The molecule has 0 unspecified atom stereocenters. The van der Waals surface area contributed by atoms with E-state index in [2.05, 4.69) is 0 Å². The van der Waals surface area contributed by atoms with E-state index in [-0.39, 0.29) is 7.14 Å². The van der Waals surface area contributed by atoms with Gasteiger partial charge < -0.3 is 5.11 Å². The summed E-state index contributed by atoms with van der Waals surface area (Å²) in [5, 5.41) is 8.55. The number of carboxylic acid groups (broad SMARTS) is 1. The third-order valence-corrected chi connectivity index (χ3v) is 2.96. The summed E-state index contributed by atoms with van der Waals surface area (Å²) in [6, 6.07) is 1.28. The third kappa shape index (κ3) is 2.09. The van der Waals surface area contributed by atoms with Crippen molar-refractivity contribution in [1.82, 2.24) is 0 Å². The van der Waals surface area contributed by atoms with Crippen molar-refractivity contribution in [3.63, 3.8) is 0 Å². The molecule has 0 fully saturated rings. The van der Waals surface area contributed by atoms with Crippen LogP contribution < -0.4 is 0 Å². The summed E-state index contributed by atoms with van der Waals surface area (Å²) in [7, 11) is 0. The van der Waals surface area contributed by atoms with Crippen molar-refractivity contribution in [2.24, 2.45) is 0 Å². The predicted octanol–water partition coefficient (Wildman–Crippen LogP) is 2.87. The van der Waals surface area contributed by atoms with Gasteiger partial charge in [-0.1, -0.05) is 0 Å². The summed E-state index contributed by atoms with van der Waals surface area (Å²) in [6.07, 6.45) is 0. The van der Waals surface area contributed by atoms with Crippen LogP contribution in [0.25, 0.3) is 0 Å². The Balaban J connectivity index is 3.53. The Morgan fingerprint density at radius 3 is 2.23 bits per heavy atom. The van der Waals surface area contributed by atoms with Crippen molar-refractivity contribution in [1.29, 1.82) is 0 Å². The maximum Gasteiger partial charge on any atom is 0.339 e. The summed E-state index contributed by atoms with van der Waals surface area (Å²) >= 11 is 3.25. The van der Waals surface area contributed by atoms with Gasteiger partial charge in [-0.25, -0.2) is 13.6 Å². The Morgan fingerprint density at radius 2 is 1.77 bits per heavy atom. The number of benzene rings is 1. The molecule has 0 atom stereocenters. The maximum atomic E-state index is 13.0. The number of hydrogen-bond acceptors (Lipinski definition) is 1. The smallest absolute Gasteiger partial charge is 0.339 e. The van der Waals surface area contributed by atoms with Gasteiger partial charge >= 0.3 is 5.97 Å². The van der Waals surface area contributed by atoms with Crippen molar-refractivity contribution in [2.75, 3.05) is 0 Å². The van der Waals surface area contributed by atoms with Crippen LogP contribution in [0.15, 0.2) is 6.07 Å². The summed E-state index contributed by atoms with van der Waals surface area (Å²) in [4.78, 5) is 10.5. The molecule has 0 amide bonds. The molecule has 0 radical (unpaired) electrons. The molecule has 0 bridgehead atoms. The molecule has 0 aromatic heterocycles. The minimum Gasteiger partial charge on any atom is -0.478 e. The molecule has 13 heavy (non-hydrogen) atoms.